The van der Waals surface area contributed by atoms with Crippen LogP contribution >= 0.6 is 0 Å². The second kappa shape index (κ2) is 4.88. The van der Waals surface area contributed by atoms with Gasteiger partial charge >= 0.3 is 6.18 Å². The number of hydrogen-bond donors (Lipinski definition) is 1. The van der Waals surface area contributed by atoms with E-state index >= 15 is 0 Å². The summed E-state index contributed by atoms with van der Waals surface area (Å²) in [5.74, 6) is 0. The smallest absolute Gasteiger partial charge is 0.316 e. The zero-order chi connectivity index (χ0) is 13.2. The molecule has 0 spiro atoms. The second-order valence-electron chi connectivity index (χ2n) is 4.77. The van der Waals surface area contributed by atoms with E-state index < -0.39 is 17.4 Å². The SMILES string of the molecule is FC1(Cc2ccc(C(F)(F)F)cc2)CCNCC1. The lowest BCUT2D eigenvalue weighted by Gasteiger charge is -2.30. The molecule has 0 aromatic heterocycles. The quantitative estimate of drug-likeness (QED) is 0.805. The summed E-state index contributed by atoms with van der Waals surface area (Å²) >= 11 is 0. The molecule has 1 aromatic rings. The van der Waals surface area contributed by atoms with Gasteiger partial charge < -0.3 is 5.32 Å². The summed E-state index contributed by atoms with van der Waals surface area (Å²) in [6.45, 7) is 1.24. The Kier molecular flexibility index (Phi) is 3.61. The Morgan fingerprint density at radius 1 is 1.06 bits per heavy atom. The van der Waals surface area contributed by atoms with Gasteiger partial charge in [0.2, 0.25) is 0 Å². The van der Waals surface area contributed by atoms with Crippen LogP contribution in [0.5, 0.6) is 0 Å². The third-order valence-electron chi connectivity index (χ3n) is 3.30. The van der Waals surface area contributed by atoms with Crippen molar-refractivity contribution in [3.05, 3.63) is 35.4 Å². The molecule has 1 fully saturated rings. The maximum atomic E-state index is 14.3. The molecule has 1 nitrogen and oxygen atoms in total. The molecule has 100 valence electrons. The topological polar surface area (TPSA) is 12.0 Å². The summed E-state index contributed by atoms with van der Waals surface area (Å²) in [6.07, 6.45) is -3.32. The van der Waals surface area contributed by atoms with Gasteiger partial charge in [-0.25, -0.2) is 4.39 Å². The lowest BCUT2D eigenvalue weighted by Crippen LogP contribution is -2.40. The standard InChI is InChI=1S/C13H15F4N/c14-12(5-7-18-8-6-12)9-10-1-3-11(4-2-10)13(15,16)17/h1-4,18H,5-9H2. The van der Waals surface area contributed by atoms with Crippen molar-refractivity contribution < 1.29 is 17.6 Å². The molecule has 0 atom stereocenters. The predicted octanol–water partition coefficient (Wildman–Crippen LogP) is 3.34. The Morgan fingerprint density at radius 3 is 2.11 bits per heavy atom. The molecule has 1 N–H and O–H groups in total. The Balaban J connectivity index is 2.06. The molecule has 0 bridgehead atoms. The van der Waals surface area contributed by atoms with Crippen LogP contribution in [0.2, 0.25) is 0 Å². The minimum absolute atomic E-state index is 0.187. The van der Waals surface area contributed by atoms with Crippen LogP contribution < -0.4 is 5.32 Å². The molecule has 0 aliphatic carbocycles. The maximum Gasteiger partial charge on any atom is 0.416 e. The van der Waals surface area contributed by atoms with E-state index in [0.29, 0.717) is 31.5 Å². The van der Waals surface area contributed by atoms with Gasteiger partial charge in [-0.05, 0) is 43.6 Å². The lowest BCUT2D eigenvalue weighted by molar-refractivity contribution is -0.137. The van der Waals surface area contributed by atoms with Crippen LogP contribution in [0.15, 0.2) is 24.3 Å². The molecule has 1 aliphatic heterocycles. The minimum atomic E-state index is -4.33. The van der Waals surface area contributed by atoms with Gasteiger partial charge in [-0.15, -0.1) is 0 Å². The van der Waals surface area contributed by atoms with E-state index in [2.05, 4.69) is 5.32 Å². The van der Waals surface area contributed by atoms with E-state index in [-0.39, 0.29) is 6.42 Å². The number of benzene rings is 1. The summed E-state index contributed by atoms with van der Waals surface area (Å²) < 4.78 is 51.4. The highest BCUT2D eigenvalue weighted by Crippen LogP contribution is 2.31. The number of halogens is 4. The first kappa shape index (κ1) is 13.3. The van der Waals surface area contributed by atoms with Crippen molar-refractivity contribution in [3.63, 3.8) is 0 Å². The minimum Gasteiger partial charge on any atom is -0.316 e. The average Bonchev–Trinajstić information content (AvgIpc) is 2.29. The number of alkyl halides is 4. The number of piperidine rings is 1. The van der Waals surface area contributed by atoms with Crippen LogP contribution in [0.1, 0.15) is 24.0 Å². The first-order chi connectivity index (χ1) is 8.39. The van der Waals surface area contributed by atoms with Crippen LogP contribution in [0, 0.1) is 0 Å². The largest absolute Gasteiger partial charge is 0.416 e. The molecular formula is C13H15F4N. The molecule has 1 saturated heterocycles. The van der Waals surface area contributed by atoms with Crippen LogP contribution in [0.25, 0.3) is 0 Å². The Hall–Kier alpha value is -1.10. The second-order valence-corrected chi connectivity index (χ2v) is 4.77. The normalized spacial score (nSPS) is 19.8. The zero-order valence-corrected chi connectivity index (χ0v) is 9.86. The molecule has 1 heterocycles. The molecule has 5 heteroatoms. The summed E-state index contributed by atoms with van der Waals surface area (Å²) in [5, 5.41) is 3.07. The highest BCUT2D eigenvalue weighted by molar-refractivity contribution is 5.25. The predicted molar refractivity (Wildman–Crippen MR) is 61.1 cm³/mol. The number of rotatable bonds is 2. The van der Waals surface area contributed by atoms with E-state index in [1.165, 1.54) is 12.1 Å². The molecule has 2 rings (SSSR count). The van der Waals surface area contributed by atoms with Gasteiger partial charge in [-0.1, -0.05) is 12.1 Å². The molecule has 0 saturated carbocycles. The van der Waals surface area contributed by atoms with Crippen molar-refractivity contribution in [2.75, 3.05) is 13.1 Å². The van der Waals surface area contributed by atoms with E-state index in [0.717, 1.165) is 12.1 Å². The molecule has 1 aromatic carbocycles. The van der Waals surface area contributed by atoms with Gasteiger partial charge in [-0.2, -0.15) is 13.2 Å². The fourth-order valence-corrected chi connectivity index (χ4v) is 2.23. The first-order valence-corrected chi connectivity index (χ1v) is 5.95. The maximum absolute atomic E-state index is 14.3. The highest BCUT2D eigenvalue weighted by Gasteiger charge is 2.33. The summed E-state index contributed by atoms with van der Waals surface area (Å²) in [6, 6.07) is 4.76. The fourth-order valence-electron chi connectivity index (χ4n) is 2.23. The molecule has 1 aliphatic rings. The van der Waals surface area contributed by atoms with Gasteiger partial charge in [-0.3, -0.25) is 0 Å². The van der Waals surface area contributed by atoms with Crippen LogP contribution in [-0.2, 0) is 12.6 Å². The van der Waals surface area contributed by atoms with Gasteiger partial charge in [0.05, 0.1) is 5.56 Å². The monoisotopic (exact) mass is 261 g/mol. The van der Waals surface area contributed by atoms with E-state index in [1.54, 1.807) is 0 Å². The third-order valence-corrected chi connectivity index (χ3v) is 3.30. The number of hydrogen-bond acceptors (Lipinski definition) is 1. The summed E-state index contributed by atoms with van der Waals surface area (Å²) in [7, 11) is 0. The van der Waals surface area contributed by atoms with Gasteiger partial charge in [0.25, 0.3) is 0 Å². The van der Waals surface area contributed by atoms with Crippen molar-refractivity contribution in [1.82, 2.24) is 5.32 Å². The Morgan fingerprint density at radius 2 is 1.61 bits per heavy atom. The van der Waals surface area contributed by atoms with E-state index in [4.69, 9.17) is 0 Å². The molecule has 0 unspecified atom stereocenters. The van der Waals surface area contributed by atoms with Crippen molar-refractivity contribution in [2.24, 2.45) is 0 Å². The van der Waals surface area contributed by atoms with Crippen LogP contribution in [0.3, 0.4) is 0 Å². The summed E-state index contributed by atoms with van der Waals surface area (Å²) in [4.78, 5) is 0. The highest BCUT2D eigenvalue weighted by atomic mass is 19.4. The van der Waals surface area contributed by atoms with Crippen LogP contribution in [0.4, 0.5) is 17.6 Å². The van der Waals surface area contributed by atoms with Crippen molar-refractivity contribution >= 4 is 0 Å². The molecule has 0 radical (unpaired) electrons. The lowest BCUT2D eigenvalue weighted by atomic mass is 9.87. The third kappa shape index (κ3) is 3.22. The van der Waals surface area contributed by atoms with Gasteiger partial charge in [0.1, 0.15) is 5.67 Å². The number of nitrogens with one attached hydrogen (secondary N) is 1. The Labute approximate surface area is 103 Å². The van der Waals surface area contributed by atoms with Crippen molar-refractivity contribution in [1.29, 1.82) is 0 Å². The summed E-state index contributed by atoms with van der Waals surface area (Å²) in [5.41, 5.74) is -1.36. The van der Waals surface area contributed by atoms with E-state index in [1.807, 2.05) is 0 Å². The van der Waals surface area contributed by atoms with Crippen LogP contribution in [-0.4, -0.2) is 18.8 Å². The molecule has 18 heavy (non-hydrogen) atoms. The van der Waals surface area contributed by atoms with Crippen molar-refractivity contribution in [2.45, 2.75) is 31.1 Å². The molecular weight excluding hydrogens is 246 g/mol. The van der Waals surface area contributed by atoms with Gasteiger partial charge in [0, 0.05) is 6.42 Å². The average molecular weight is 261 g/mol. The van der Waals surface area contributed by atoms with Crippen molar-refractivity contribution in [3.8, 4) is 0 Å². The zero-order valence-electron chi connectivity index (χ0n) is 9.86. The Bertz CT molecular complexity index is 390. The van der Waals surface area contributed by atoms with E-state index in [9.17, 15) is 17.6 Å². The fraction of sp³-hybridized carbons (Fsp3) is 0.538. The molecule has 0 amide bonds. The first-order valence-electron chi connectivity index (χ1n) is 5.95. The van der Waals surface area contributed by atoms with Gasteiger partial charge in [0.15, 0.2) is 0 Å².